The van der Waals surface area contributed by atoms with Gasteiger partial charge < -0.3 is 15.3 Å². The van der Waals surface area contributed by atoms with Crippen LogP contribution in [0.4, 0.5) is 5.69 Å². The number of likely N-dealkylation sites (N-methyl/N-ethyl adjacent to an activating group) is 1. The van der Waals surface area contributed by atoms with E-state index >= 15 is 0 Å². The molecule has 5 heteroatoms. The number of anilines is 1. The Morgan fingerprint density at radius 3 is 2.44 bits per heavy atom. The minimum Gasteiger partial charge on any atom is -0.481 e. The number of hydrogen-bond acceptors (Lipinski definition) is 3. The van der Waals surface area contributed by atoms with Gasteiger partial charge in [-0.3, -0.25) is 9.59 Å². The van der Waals surface area contributed by atoms with Crippen LogP contribution < -0.4 is 10.2 Å². The van der Waals surface area contributed by atoms with Crippen LogP contribution in [0.15, 0.2) is 30.3 Å². The van der Waals surface area contributed by atoms with Crippen molar-refractivity contribution in [1.29, 1.82) is 0 Å². The lowest BCUT2D eigenvalue weighted by molar-refractivity contribution is -0.136. The first-order valence-electron chi connectivity index (χ1n) is 5.81. The van der Waals surface area contributed by atoms with E-state index in [0.717, 1.165) is 0 Å². The zero-order valence-corrected chi connectivity index (χ0v) is 10.6. The van der Waals surface area contributed by atoms with Crippen molar-refractivity contribution >= 4 is 17.6 Å². The van der Waals surface area contributed by atoms with Crippen LogP contribution in [0, 0.1) is 0 Å². The van der Waals surface area contributed by atoms with Crippen molar-refractivity contribution in [3.8, 4) is 0 Å². The van der Waals surface area contributed by atoms with Gasteiger partial charge in [-0.1, -0.05) is 18.2 Å². The fourth-order valence-corrected chi connectivity index (χ4v) is 1.54. The van der Waals surface area contributed by atoms with E-state index in [1.54, 1.807) is 26.1 Å². The second-order valence-corrected chi connectivity index (χ2v) is 3.98. The van der Waals surface area contributed by atoms with E-state index in [1.165, 1.54) is 4.90 Å². The maximum absolute atomic E-state index is 12.2. The van der Waals surface area contributed by atoms with Crippen LogP contribution in [0.2, 0.25) is 0 Å². The average molecular weight is 250 g/mol. The molecule has 0 aliphatic carbocycles. The third-order valence-electron chi connectivity index (χ3n) is 2.69. The summed E-state index contributed by atoms with van der Waals surface area (Å²) in [5.74, 6) is -1.05. The molecule has 0 aliphatic rings. The van der Waals surface area contributed by atoms with Crippen molar-refractivity contribution in [2.24, 2.45) is 0 Å². The van der Waals surface area contributed by atoms with Gasteiger partial charge in [0.2, 0.25) is 5.91 Å². The molecule has 0 radical (unpaired) electrons. The molecule has 0 spiro atoms. The van der Waals surface area contributed by atoms with Gasteiger partial charge in [0, 0.05) is 12.2 Å². The fourth-order valence-electron chi connectivity index (χ4n) is 1.54. The van der Waals surface area contributed by atoms with E-state index in [9.17, 15) is 9.59 Å². The van der Waals surface area contributed by atoms with Crippen LogP contribution in [-0.4, -0.2) is 36.6 Å². The van der Waals surface area contributed by atoms with Crippen molar-refractivity contribution in [2.45, 2.75) is 19.4 Å². The molecule has 0 bridgehead atoms. The summed E-state index contributed by atoms with van der Waals surface area (Å²) in [6.07, 6.45) is -0.0724. The SMILES string of the molecule is CNC(C)C(=O)N(CCC(=O)O)c1ccccc1. The van der Waals surface area contributed by atoms with Gasteiger partial charge in [-0.25, -0.2) is 0 Å². The largest absolute Gasteiger partial charge is 0.481 e. The fraction of sp³-hybridized carbons (Fsp3) is 0.385. The Balaban J connectivity index is 2.88. The molecule has 0 saturated carbocycles. The maximum atomic E-state index is 12.2. The predicted octanol–water partition coefficient (Wildman–Crippen LogP) is 1.10. The Labute approximate surface area is 106 Å². The first kappa shape index (κ1) is 14.2. The van der Waals surface area contributed by atoms with Crippen LogP contribution in [0.25, 0.3) is 0 Å². The molecular weight excluding hydrogens is 232 g/mol. The third-order valence-corrected chi connectivity index (χ3v) is 2.69. The van der Waals surface area contributed by atoms with Crippen molar-refractivity contribution in [3.63, 3.8) is 0 Å². The molecule has 0 fully saturated rings. The van der Waals surface area contributed by atoms with Gasteiger partial charge >= 0.3 is 5.97 Å². The molecule has 1 aromatic rings. The molecular formula is C13H18N2O3. The van der Waals surface area contributed by atoms with Gasteiger partial charge in [-0.05, 0) is 26.1 Å². The normalized spacial score (nSPS) is 11.9. The summed E-state index contributed by atoms with van der Waals surface area (Å²) >= 11 is 0. The molecule has 2 N–H and O–H groups in total. The number of nitrogens with one attached hydrogen (secondary N) is 1. The monoisotopic (exact) mass is 250 g/mol. The molecule has 5 nitrogen and oxygen atoms in total. The standard InChI is InChI=1S/C13H18N2O3/c1-10(14-2)13(18)15(9-8-12(16)17)11-6-4-3-5-7-11/h3-7,10,14H,8-9H2,1-2H3,(H,16,17). The second-order valence-electron chi connectivity index (χ2n) is 3.98. The summed E-state index contributed by atoms with van der Waals surface area (Å²) in [6, 6.07) is 8.73. The number of aliphatic carboxylic acids is 1. The molecule has 0 aromatic heterocycles. The lowest BCUT2D eigenvalue weighted by Crippen LogP contribution is -2.44. The zero-order valence-electron chi connectivity index (χ0n) is 10.6. The summed E-state index contributed by atoms with van der Waals surface area (Å²) < 4.78 is 0. The Hall–Kier alpha value is -1.88. The number of carboxylic acid groups (broad SMARTS) is 1. The number of carboxylic acids is 1. The van der Waals surface area contributed by atoms with Gasteiger partial charge in [-0.2, -0.15) is 0 Å². The highest BCUT2D eigenvalue weighted by Gasteiger charge is 2.21. The first-order valence-corrected chi connectivity index (χ1v) is 5.81. The van der Waals surface area contributed by atoms with Crippen molar-refractivity contribution < 1.29 is 14.7 Å². The number of para-hydroxylation sites is 1. The van der Waals surface area contributed by atoms with Crippen molar-refractivity contribution in [3.05, 3.63) is 30.3 Å². The number of hydrogen-bond donors (Lipinski definition) is 2. The molecule has 1 amide bonds. The van der Waals surface area contributed by atoms with Crippen molar-refractivity contribution in [2.75, 3.05) is 18.5 Å². The molecule has 1 aromatic carbocycles. The summed E-state index contributed by atoms with van der Waals surface area (Å²) in [7, 11) is 1.70. The number of amides is 1. The highest BCUT2D eigenvalue weighted by atomic mass is 16.4. The van der Waals surface area contributed by atoms with Crippen LogP contribution in [0.1, 0.15) is 13.3 Å². The van der Waals surface area contributed by atoms with Gasteiger partial charge in [-0.15, -0.1) is 0 Å². The summed E-state index contributed by atoms with van der Waals surface area (Å²) in [5.41, 5.74) is 0.714. The molecule has 98 valence electrons. The maximum Gasteiger partial charge on any atom is 0.305 e. The Bertz CT molecular complexity index is 406. The summed E-state index contributed by atoms with van der Waals surface area (Å²) in [6.45, 7) is 1.92. The average Bonchev–Trinajstić information content (AvgIpc) is 2.38. The number of nitrogens with zero attached hydrogens (tertiary/aromatic N) is 1. The van der Waals surface area contributed by atoms with Gasteiger partial charge in [0.15, 0.2) is 0 Å². The van der Waals surface area contributed by atoms with Crippen molar-refractivity contribution in [1.82, 2.24) is 5.32 Å². The Morgan fingerprint density at radius 1 is 1.33 bits per heavy atom. The predicted molar refractivity (Wildman–Crippen MR) is 69.6 cm³/mol. The second kappa shape index (κ2) is 6.76. The molecule has 18 heavy (non-hydrogen) atoms. The van der Waals surface area contributed by atoms with E-state index in [1.807, 2.05) is 18.2 Å². The lowest BCUT2D eigenvalue weighted by atomic mass is 10.2. The quantitative estimate of drug-likeness (QED) is 0.793. The van der Waals surface area contributed by atoms with Gasteiger partial charge in [0.05, 0.1) is 12.5 Å². The summed E-state index contributed by atoms with van der Waals surface area (Å²) in [5, 5.41) is 11.6. The number of rotatable bonds is 6. The Morgan fingerprint density at radius 2 is 1.94 bits per heavy atom. The van der Waals surface area contributed by atoms with Crippen LogP contribution in [0.5, 0.6) is 0 Å². The lowest BCUT2D eigenvalue weighted by Gasteiger charge is -2.25. The molecule has 0 heterocycles. The highest BCUT2D eigenvalue weighted by Crippen LogP contribution is 2.15. The van der Waals surface area contributed by atoms with Gasteiger partial charge in [0.25, 0.3) is 0 Å². The molecule has 0 aliphatic heterocycles. The van der Waals surface area contributed by atoms with Crippen LogP contribution in [0.3, 0.4) is 0 Å². The molecule has 1 unspecified atom stereocenters. The van der Waals surface area contributed by atoms with E-state index in [2.05, 4.69) is 5.32 Å². The van der Waals surface area contributed by atoms with E-state index in [0.29, 0.717) is 5.69 Å². The van der Waals surface area contributed by atoms with Gasteiger partial charge in [0.1, 0.15) is 0 Å². The third kappa shape index (κ3) is 3.85. The molecule has 0 saturated heterocycles. The smallest absolute Gasteiger partial charge is 0.305 e. The molecule has 1 rings (SSSR count). The number of carbonyl (C=O) groups is 2. The highest BCUT2D eigenvalue weighted by molar-refractivity contribution is 5.97. The van der Waals surface area contributed by atoms with E-state index in [-0.39, 0.29) is 24.9 Å². The minimum absolute atomic E-state index is 0.0724. The Kier molecular flexibility index (Phi) is 5.32. The van der Waals surface area contributed by atoms with Crippen LogP contribution in [-0.2, 0) is 9.59 Å². The van der Waals surface area contributed by atoms with Crippen LogP contribution >= 0.6 is 0 Å². The summed E-state index contributed by atoms with van der Waals surface area (Å²) in [4.78, 5) is 24.3. The van der Waals surface area contributed by atoms with E-state index in [4.69, 9.17) is 5.11 Å². The minimum atomic E-state index is -0.916. The first-order chi connectivity index (χ1) is 8.56. The topological polar surface area (TPSA) is 69.6 Å². The number of benzene rings is 1. The van der Waals surface area contributed by atoms with E-state index < -0.39 is 5.97 Å². The molecule has 1 atom stereocenters. The zero-order chi connectivity index (χ0) is 13.5. The number of carbonyl (C=O) groups excluding carboxylic acids is 1.